The number of rotatable bonds is 9. The van der Waals surface area contributed by atoms with Gasteiger partial charge < -0.3 is 34.3 Å². The summed E-state index contributed by atoms with van der Waals surface area (Å²) in [7, 11) is 0. The van der Waals surface area contributed by atoms with Crippen molar-refractivity contribution in [2.45, 2.75) is 77.9 Å². The predicted octanol–water partition coefficient (Wildman–Crippen LogP) is 5.78. The van der Waals surface area contributed by atoms with Crippen LogP contribution in [0.15, 0.2) is 78.4 Å². The van der Waals surface area contributed by atoms with E-state index in [-0.39, 0.29) is 30.0 Å². The third-order valence-corrected chi connectivity index (χ3v) is 7.31. The van der Waals surface area contributed by atoms with Crippen LogP contribution >= 0.6 is 0 Å². The highest BCUT2D eigenvalue weighted by atomic mass is 16.6. The summed E-state index contributed by atoms with van der Waals surface area (Å²) in [5, 5.41) is 23.3. The van der Waals surface area contributed by atoms with Crippen molar-refractivity contribution in [3.8, 4) is 11.8 Å². The van der Waals surface area contributed by atoms with Crippen molar-refractivity contribution in [1.29, 1.82) is 5.26 Å². The van der Waals surface area contributed by atoms with Crippen LogP contribution in [0.25, 0.3) is 0 Å². The highest BCUT2D eigenvalue weighted by Gasteiger charge is 2.40. The molecule has 51 heavy (non-hydrogen) atoms. The Bertz CT molecular complexity index is 1730. The lowest BCUT2D eigenvalue weighted by Gasteiger charge is -2.34. The number of morpholine rings is 1. The van der Waals surface area contributed by atoms with Gasteiger partial charge in [-0.05, 0) is 89.4 Å². The third-order valence-electron chi connectivity index (χ3n) is 7.31. The normalized spacial score (nSPS) is 16.7. The Morgan fingerprint density at radius 2 is 1.76 bits per heavy atom. The number of allylic oxidation sites excluding steroid dienone is 4. The molecule has 0 saturated carbocycles. The quantitative estimate of drug-likeness (QED) is 0.327. The van der Waals surface area contributed by atoms with Gasteiger partial charge in [-0.1, -0.05) is 36.4 Å². The number of benzene rings is 2. The van der Waals surface area contributed by atoms with Gasteiger partial charge >= 0.3 is 12.2 Å². The molecule has 0 bridgehead atoms. The molecular weight excluding hydrogens is 656 g/mol. The van der Waals surface area contributed by atoms with E-state index in [0.717, 1.165) is 16.9 Å². The largest absolute Gasteiger partial charge is 0.489 e. The number of nitrogens with one attached hydrogen (secondary N) is 1. The van der Waals surface area contributed by atoms with E-state index in [1.54, 1.807) is 65.8 Å². The summed E-state index contributed by atoms with van der Waals surface area (Å²) in [4.78, 5) is 55.1. The molecule has 2 aliphatic rings. The second kappa shape index (κ2) is 16.5. The maximum atomic E-state index is 13.5. The average Bonchev–Trinajstić information content (AvgIpc) is 3.33. The lowest BCUT2D eigenvalue weighted by atomic mass is 10.1. The third kappa shape index (κ3) is 11.0. The predicted molar refractivity (Wildman–Crippen MR) is 189 cm³/mol. The summed E-state index contributed by atoms with van der Waals surface area (Å²) in [6.07, 6.45) is 5.46. The topological polar surface area (TPSA) is 168 Å². The Morgan fingerprint density at radius 3 is 2.43 bits per heavy atom. The summed E-state index contributed by atoms with van der Waals surface area (Å²) in [6.45, 7) is 9.99. The standard InChI is InChI=1S/C38H44N4O9/c1-37(2,3)50-35(46)42(36(47)51-38(4,5)6)23-27-20-28(17-16-26(27)22-39)40-33(44)31(43)32-34(45)41(18-19-48-32)29-14-11-15-30(21-29)49-24-25-12-9-7-8-10-13-25/h7,9-17,20-21,31-32,43H,8,18-19,23-24H2,1-6H3,(H,40,44). The lowest BCUT2D eigenvalue weighted by molar-refractivity contribution is -0.150. The van der Waals surface area contributed by atoms with Gasteiger partial charge in [0.05, 0.1) is 24.8 Å². The summed E-state index contributed by atoms with van der Waals surface area (Å²) >= 11 is 0. The maximum absolute atomic E-state index is 13.5. The Labute approximate surface area is 297 Å². The smallest absolute Gasteiger partial charge is 0.420 e. The minimum absolute atomic E-state index is 0.0576. The van der Waals surface area contributed by atoms with Crippen LogP contribution in [0.2, 0.25) is 0 Å². The fourth-order valence-corrected chi connectivity index (χ4v) is 4.99. The molecule has 2 N–H and O–H groups in total. The zero-order valence-electron chi connectivity index (χ0n) is 29.7. The number of hydrogen-bond donors (Lipinski definition) is 2. The number of carbonyl (C=O) groups is 4. The molecule has 2 aromatic carbocycles. The van der Waals surface area contributed by atoms with Crippen molar-refractivity contribution in [2.24, 2.45) is 0 Å². The van der Waals surface area contributed by atoms with Crippen LogP contribution in [0.4, 0.5) is 21.0 Å². The minimum atomic E-state index is -1.90. The molecule has 0 radical (unpaired) electrons. The Morgan fingerprint density at radius 1 is 1.06 bits per heavy atom. The number of imide groups is 1. The molecule has 13 nitrogen and oxygen atoms in total. The number of aliphatic hydroxyl groups excluding tert-OH is 1. The fourth-order valence-electron chi connectivity index (χ4n) is 4.99. The minimum Gasteiger partial charge on any atom is -0.489 e. The van der Waals surface area contributed by atoms with Gasteiger partial charge in [0.1, 0.15) is 23.6 Å². The number of carbonyl (C=O) groups excluding carboxylic acids is 4. The summed E-state index contributed by atoms with van der Waals surface area (Å²) in [5.74, 6) is -1.03. The molecule has 4 amide bonds. The van der Waals surface area contributed by atoms with E-state index in [2.05, 4.69) is 5.32 Å². The van der Waals surface area contributed by atoms with Gasteiger partial charge in [0.15, 0.2) is 12.2 Å². The Kier molecular flexibility index (Phi) is 12.4. The van der Waals surface area contributed by atoms with E-state index >= 15 is 0 Å². The average molecular weight is 701 g/mol. The zero-order valence-corrected chi connectivity index (χ0v) is 29.7. The Balaban J connectivity index is 1.47. The van der Waals surface area contributed by atoms with Gasteiger partial charge in [-0.15, -0.1) is 0 Å². The molecule has 1 aliphatic heterocycles. The van der Waals surface area contributed by atoms with E-state index in [0.29, 0.717) is 18.0 Å². The van der Waals surface area contributed by atoms with Crippen molar-refractivity contribution in [1.82, 2.24) is 4.90 Å². The van der Waals surface area contributed by atoms with Gasteiger partial charge in [0.2, 0.25) is 0 Å². The highest BCUT2D eigenvalue weighted by molar-refractivity contribution is 6.04. The second-order valence-corrected chi connectivity index (χ2v) is 13.8. The highest BCUT2D eigenvalue weighted by Crippen LogP contribution is 2.26. The van der Waals surface area contributed by atoms with Crippen LogP contribution in [-0.2, 0) is 30.3 Å². The Hall–Kier alpha value is -5.45. The molecule has 1 aliphatic carbocycles. The first kappa shape index (κ1) is 38.4. The first-order valence-electron chi connectivity index (χ1n) is 16.5. The van der Waals surface area contributed by atoms with Gasteiger partial charge in [-0.3, -0.25) is 9.59 Å². The summed E-state index contributed by atoms with van der Waals surface area (Å²) < 4.78 is 22.3. The van der Waals surface area contributed by atoms with Crippen LogP contribution in [-0.4, -0.2) is 77.2 Å². The lowest BCUT2D eigenvalue weighted by Crippen LogP contribution is -2.55. The van der Waals surface area contributed by atoms with Gasteiger partial charge in [-0.25, -0.2) is 14.5 Å². The summed E-state index contributed by atoms with van der Waals surface area (Å²) in [5.41, 5.74) is 0.0476. The van der Waals surface area contributed by atoms with Gasteiger partial charge in [0.25, 0.3) is 11.8 Å². The number of nitrogens with zero attached hydrogens (tertiary/aromatic N) is 3. The number of aliphatic hydroxyl groups is 1. The number of amides is 4. The van der Waals surface area contributed by atoms with E-state index in [9.17, 15) is 29.5 Å². The molecule has 1 heterocycles. The molecule has 1 fully saturated rings. The molecule has 2 aromatic rings. The molecule has 0 aromatic heterocycles. The molecule has 0 spiro atoms. The first-order chi connectivity index (χ1) is 24.0. The maximum Gasteiger partial charge on any atom is 0.420 e. The fraction of sp³-hybridized carbons (Fsp3) is 0.395. The second-order valence-electron chi connectivity index (χ2n) is 13.8. The first-order valence-corrected chi connectivity index (χ1v) is 16.5. The molecule has 4 rings (SSSR count). The van der Waals surface area contributed by atoms with Crippen LogP contribution < -0.4 is 15.0 Å². The van der Waals surface area contributed by atoms with Crippen molar-refractivity contribution < 1.29 is 43.2 Å². The molecule has 2 unspecified atom stereocenters. The van der Waals surface area contributed by atoms with E-state index in [1.165, 1.54) is 23.1 Å². The van der Waals surface area contributed by atoms with Gasteiger partial charge in [-0.2, -0.15) is 5.26 Å². The van der Waals surface area contributed by atoms with Gasteiger partial charge in [0, 0.05) is 24.0 Å². The number of ether oxygens (including phenoxy) is 4. The number of hydrogen-bond acceptors (Lipinski definition) is 10. The SMILES string of the molecule is CC(C)(C)OC(=O)N(Cc1cc(NC(=O)C(O)C2OCCN(c3cccc(OCC4=CC=CCC=C4)c3)C2=O)ccc1C#N)C(=O)OC(C)(C)C. The van der Waals surface area contributed by atoms with Crippen molar-refractivity contribution >= 4 is 35.4 Å². The van der Waals surface area contributed by atoms with Crippen molar-refractivity contribution in [3.05, 3.63) is 89.5 Å². The van der Waals surface area contributed by atoms with E-state index in [1.807, 2.05) is 36.4 Å². The number of nitriles is 1. The molecule has 13 heteroatoms. The van der Waals surface area contributed by atoms with Crippen LogP contribution in [0.1, 0.15) is 59.1 Å². The molecule has 2 atom stereocenters. The van der Waals surface area contributed by atoms with E-state index < -0.39 is 54.0 Å². The van der Waals surface area contributed by atoms with Crippen molar-refractivity contribution in [2.75, 3.05) is 30.0 Å². The molecular formula is C38H44N4O9. The monoisotopic (exact) mass is 700 g/mol. The van der Waals surface area contributed by atoms with Crippen LogP contribution in [0, 0.1) is 11.3 Å². The molecule has 1 saturated heterocycles. The zero-order chi connectivity index (χ0) is 37.3. The summed E-state index contributed by atoms with van der Waals surface area (Å²) in [6, 6.07) is 13.1. The van der Waals surface area contributed by atoms with Crippen LogP contribution in [0.5, 0.6) is 5.75 Å². The molecule has 270 valence electrons. The van der Waals surface area contributed by atoms with Crippen LogP contribution in [0.3, 0.4) is 0 Å². The van der Waals surface area contributed by atoms with E-state index in [4.69, 9.17) is 18.9 Å². The number of anilines is 2. The van der Waals surface area contributed by atoms with Crippen molar-refractivity contribution in [3.63, 3.8) is 0 Å².